The molecule has 2 amide bonds. The first-order valence-electron chi connectivity index (χ1n) is 6.21. The zero-order chi connectivity index (χ0) is 14.4. The first-order chi connectivity index (χ1) is 8.11. The minimum absolute atomic E-state index is 0.264. The molecule has 0 rings (SSSR count). The number of carbonyl (C=O) groups excluding carboxylic acids is 2. The second-order valence-electron chi connectivity index (χ2n) is 5.93. The van der Waals surface area contributed by atoms with Gasteiger partial charge in [-0.2, -0.15) is 0 Å². The van der Waals surface area contributed by atoms with E-state index in [0.29, 0.717) is 13.2 Å². The van der Waals surface area contributed by atoms with E-state index in [1.54, 1.807) is 21.0 Å². The molecule has 0 fully saturated rings. The van der Waals surface area contributed by atoms with Crippen LogP contribution in [0.1, 0.15) is 41.0 Å². The molecule has 0 unspecified atom stereocenters. The second-order valence-corrected chi connectivity index (χ2v) is 5.93. The molecule has 0 spiro atoms. The number of amides is 2. The van der Waals surface area contributed by atoms with Crippen LogP contribution in [-0.2, 0) is 14.3 Å². The number of methoxy groups -OCH3 is 1. The van der Waals surface area contributed by atoms with Gasteiger partial charge in [0.1, 0.15) is 5.41 Å². The maximum absolute atomic E-state index is 12.0. The minimum Gasteiger partial charge on any atom is -0.385 e. The van der Waals surface area contributed by atoms with Gasteiger partial charge in [-0.15, -0.1) is 0 Å². The topological polar surface area (TPSA) is 67.4 Å². The normalized spacial score (nSPS) is 12.1. The summed E-state index contributed by atoms with van der Waals surface area (Å²) in [4.78, 5) is 24.0. The van der Waals surface area contributed by atoms with Gasteiger partial charge in [0.25, 0.3) is 0 Å². The van der Waals surface area contributed by atoms with E-state index in [1.807, 2.05) is 20.8 Å². The molecule has 18 heavy (non-hydrogen) atoms. The lowest BCUT2D eigenvalue weighted by molar-refractivity contribution is -0.142. The maximum Gasteiger partial charge on any atom is 0.235 e. The quantitative estimate of drug-likeness (QED) is 0.553. The Labute approximate surface area is 110 Å². The van der Waals surface area contributed by atoms with E-state index in [1.165, 1.54) is 0 Å². The van der Waals surface area contributed by atoms with Gasteiger partial charge in [-0.3, -0.25) is 9.59 Å². The number of hydrogen-bond acceptors (Lipinski definition) is 3. The lowest BCUT2D eigenvalue weighted by Gasteiger charge is -2.28. The second kappa shape index (κ2) is 6.73. The molecule has 0 heterocycles. The Morgan fingerprint density at radius 3 is 2.06 bits per heavy atom. The Hall–Kier alpha value is -1.10. The fourth-order valence-electron chi connectivity index (χ4n) is 1.24. The van der Waals surface area contributed by atoms with Gasteiger partial charge in [0.2, 0.25) is 11.8 Å². The van der Waals surface area contributed by atoms with E-state index in [4.69, 9.17) is 4.74 Å². The minimum atomic E-state index is -1.07. The van der Waals surface area contributed by atoms with Crippen molar-refractivity contribution in [1.82, 2.24) is 10.6 Å². The summed E-state index contributed by atoms with van der Waals surface area (Å²) in [6.45, 7) is 10.0. The van der Waals surface area contributed by atoms with Crippen molar-refractivity contribution in [2.24, 2.45) is 5.41 Å². The van der Waals surface area contributed by atoms with Gasteiger partial charge in [-0.25, -0.2) is 0 Å². The number of nitrogens with one attached hydrogen (secondary N) is 2. The Bertz CT molecular complexity index is 293. The molecule has 106 valence electrons. The molecule has 0 aliphatic rings. The Kier molecular flexibility index (Phi) is 6.32. The SMILES string of the molecule is COCCCNC(=O)C(C)(C)C(=O)NC(C)(C)C. The molecule has 0 aliphatic carbocycles. The van der Waals surface area contributed by atoms with Crippen molar-refractivity contribution < 1.29 is 14.3 Å². The Morgan fingerprint density at radius 1 is 1.06 bits per heavy atom. The number of ether oxygens (including phenoxy) is 1. The van der Waals surface area contributed by atoms with E-state index in [0.717, 1.165) is 6.42 Å². The van der Waals surface area contributed by atoms with Crippen molar-refractivity contribution in [2.75, 3.05) is 20.3 Å². The third kappa shape index (κ3) is 6.00. The van der Waals surface area contributed by atoms with Gasteiger partial charge in [0.15, 0.2) is 0 Å². The third-order valence-electron chi connectivity index (χ3n) is 2.43. The van der Waals surface area contributed by atoms with E-state index < -0.39 is 5.41 Å². The molecule has 0 aromatic carbocycles. The van der Waals surface area contributed by atoms with Gasteiger partial charge in [-0.05, 0) is 41.0 Å². The Balaban J connectivity index is 4.34. The van der Waals surface area contributed by atoms with Crippen LogP contribution in [0.2, 0.25) is 0 Å². The average molecular weight is 258 g/mol. The standard InChI is InChI=1S/C13H26N2O3/c1-12(2,3)15-11(17)13(4,5)10(16)14-8-7-9-18-6/h7-9H2,1-6H3,(H,14,16)(H,15,17). The summed E-state index contributed by atoms with van der Waals surface area (Å²) < 4.78 is 4.89. The number of hydrogen-bond donors (Lipinski definition) is 2. The molecule has 0 radical (unpaired) electrons. The van der Waals surface area contributed by atoms with Crippen LogP contribution in [0.3, 0.4) is 0 Å². The molecule has 2 N–H and O–H groups in total. The lowest BCUT2D eigenvalue weighted by Crippen LogP contribution is -2.53. The summed E-state index contributed by atoms with van der Waals surface area (Å²) in [6, 6.07) is 0. The monoisotopic (exact) mass is 258 g/mol. The van der Waals surface area contributed by atoms with Crippen LogP contribution in [0, 0.1) is 5.41 Å². The average Bonchev–Trinajstić information content (AvgIpc) is 2.21. The van der Waals surface area contributed by atoms with Crippen LogP contribution >= 0.6 is 0 Å². The number of carbonyl (C=O) groups is 2. The summed E-state index contributed by atoms with van der Waals surface area (Å²) in [5.41, 5.74) is -1.41. The van der Waals surface area contributed by atoms with Crippen molar-refractivity contribution in [3.63, 3.8) is 0 Å². The summed E-state index contributed by atoms with van der Waals surface area (Å²) in [6.07, 6.45) is 0.735. The van der Waals surface area contributed by atoms with Crippen molar-refractivity contribution in [2.45, 2.75) is 46.6 Å². The van der Waals surface area contributed by atoms with Crippen LogP contribution in [0.4, 0.5) is 0 Å². The maximum atomic E-state index is 12.0. The largest absolute Gasteiger partial charge is 0.385 e. The summed E-state index contributed by atoms with van der Waals surface area (Å²) in [5, 5.41) is 5.56. The molecule has 0 aromatic rings. The van der Waals surface area contributed by atoms with Crippen LogP contribution in [0.15, 0.2) is 0 Å². The highest BCUT2D eigenvalue weighted by molar-refractivity contribution is 6.04. The molecule has 5 nitrogen and oxygen atoms in total. The van der Waals surface area contributed by atoms with Crippen molar-refractivity contribution in [3.05, 3.63) is 0 Å². The predicted molar refractivity (Wildman–Crippen MR) is 71.2 cm³/mol. The molecule has 0 aliphatic heterocycles. The summed E-state index contributed by atoms with van der Waals surface area (Å²) in [5.74, 6) is -0.528. The van der Waals surface area contributed by atoms with Crippen LogP contribution < -0.4 is 10.6 Å². The Morgan fingerprint density at radius 2 is 1.61 bits per heavy atom. The summed E-state index contributed by atoms with van der Waals surface area (Å²) in [7, 11) is 1.61. The fourth-order valence-corrected chi connectivity index (χ4v) is 1.24. The van der Waals surface area contributed by atoms with Gasteiger partial charge in [-0.1, -0.05) is 0 Å². The van der Waals surface area contributed by atoms with E-state index in [-0.39, 0.29) is 17.4 Å². The molecule has 0 saturated carbocycles. The lowest BCUT2D eigenvalue weighted by atomic mass is 9.89. The van der Waals surface area contributed by atoms with Gasteiger partial charge < -0.3 is 15.4 Å². The van der Waals surface area contributed by atoms with Crippen LogP contribution in [0.5, 0.6) is 0 Å². The van der Waals surface area contributed by atoms with E-state index in [2.05, 4.69) is 10.6 Å². The first kappa shape index (κ1) is 16.9. The highest BCUT2D eigenvalue weighted by Gasteiger charge is 2.37. The predicted octanol–water partition coefficient (Wildman–Crippen LogP) is 1.08. The first-order valence-corrected chi connectivity index (χ1v) is 6.21. The zero-order valence-corrected chi connectivity index (χ0v) is 12.3. The smallest absolute Gasteiger partial charge is 0.235 e. The highest BCUT2D eigenvalue weighted by atomic mass is 16.5. The van der Waals surface area contributed by atoms with Crippen LogP contribution in [0.25, 0.3) is 0 Å². The van der Waals surface area contributed by atoms with Crippen LogP contribution in [-0.4, -0.2) is 37.6 Å². The molecule has 0 aromatic heterocycles. The van der Waals surface area contributed by atoms with Crippen molar-refractivity contribution >= 4 is 11.8 Å². The van der Waals surface area contributed by atoms with Gasteiger partial charge in [0.05, 0.1) is 0 Å². The molecular weight excluding hydrogens is 232 g/mol. The molecule has 0 bridgehead atoms. The zero-order valence-electron chi connectivity index (χ0n) is 12.3. The molecule has 0 saturated heterocycles. The van der Waals surface area contributed by atoms with E-state index in [9.17, 15) is 9.59 Å². The summed E-state index contributed by atoms with van der Waals surface area (Å²) >= 11 is 0. The number of rotatable bonds is 6. The van der Waals surface area contributed by atoms with Crippen molar-refractivity contribution in [3.8, 4) is 0 Å². The van der Waals surface area contributed by atoms with E-state index >= 15 is 0 Å². The third-order valence-corrected chi connectivity index (χ3v) is 2.43. The van der Waals surface area contributed by atoms with Gasteiger partial charge >= 0.3 is 0 Å². The fraction of sp³-hybridized carbons (Fsp3) is 0.846. The highest BCUT2D eigenvalue weighted by Crippen LogP contribution is 2.17. The molecule has 0 atom stereocenters. The van der Waals surface area contributed by atoms with Gasteiger partial charge in [0, 0.05) is 25.8 Å². The molecule has 5 heteroatoms. The van der Waals surface area contributed by atoms with Crippen molar-refractivity contribution in [1.29, 1.82) is 0 Å². The molecular formula is C13H26N2O3.